The zero-order valence-corrected chi connectivity index (χ0v) is 13.9. The van der Waals surface area contributed by atoms with Gasteiger partial charge in [0.05, 0.1) is 17.2 Å². The van der Waals surface area contributed by atoms with Gasteiger partial charge in [-0.15, -0.1) is 0 Å². The summed E-state index contributed by atoms with van der Waals surface area (Å²) < 4.78 is 5.29. The van der Waals surface area contributed by atoms with Crippen LogP contribution in [0.5, 0.6) is 0 Å². The Morgan fingerprint density at radius 2 is 1.88 bits per heavy atom. The lowest BCUT2D eigenvalue weighted by atomic mass is 9.99. The molecule has 1 aliphatic rings. The number of esters is 1. The van der Waals surface area contributed by atoms with Gasteiger partial charge < -0.3 is 9.64 Å². The van der Waals surface area contributed by atoms with E-state index >= 15 is 0 Å². The van der Waals surface area contributed by atoms with Gasteiger partial charge in [-0.05, 0) is 37.8 Å². The van der Waals surface area contributed by atoms with E-state index in [2.05, 4.69) is 16.9 Å². The Hall–Kier alpha value is -2.50. The first-order chi connectivity index (χ1) is 11.5. The molecule has 0 aliphatic carbocycles. The van der Waals surface area contributed by atoms with Crippen LogP contribution in [-0.2, 0) is 9.53 Å². The summed E-state index contributed by atoms with van der Waals surface area (Å²) in [5.74, 6) is -0.136. The zero-order valence-electron chi connectivity index (χ0n) is 13.9. The highest BCUT2D eigenvalue weighted by molar-refractivity contribution is 5.92. The van der Waals surface area contributed by atoms with Crippen molar-refractivity contribution in [2.45, 2.75) is 32.8 Å². The van der Waals surface area contributed by atoms with Crippen molar-refractivity contribution >= 4 is 22.9 Å². The van der Waals surface area contributed by atoms with E-state index in [0.717, 1.165) is 25.9 Å². The highest BCUT2D eigenvalue weighted by atomic mass is 16.5. The van der Waals surface area contributed by atoms with Gasteiger partial charge in [0.2, 0.25) is 0 Å². The second-order valence-electron chi connectivity index (χ2n) is 6.30. The van der Waals surface area contributed by atoms with Crippen LogP contribution in [0.15, 0.2) is 30.5 Å². The molecular weight excluding hydrogens is 306 g/mol. The monoisotopic (exact) mass is 327 g/mol. The maximum atomic E-state index is 12.4. The highest BCUT2D eigenvalue weighted by Crippen LogP contribution is 2.17. The second-order valence-corrected chi connectivity index (χ2v) is 6.30. The van der Waals surface area contributed by atoms with E-state index in [1.165, 1.54) is 6.20 Å². The van der Waals surface area contributed by atoms with Gasteiger partial charge >= 0.3 is 5.97 Å². The maximum absolute atomic E-state index is 12.4. The number of rotatable bonds is 3. The fourth-order valence-electron chi connectivity index (χ4n) is 2.81. The van der Waals surface area contributed by atoms with Crippen molar-refractivity contribution in [1.29, 1.82) is 0 Å². The summed E-state index contributed by atoms with van der Waals surface area (Å²) in [6, 6.07) is 7.29. The molecule has 0 spiro atoms. The molecule has 0 N–H and O–H groups in total. The van der Waals surface area contributed by atoms with Gasteiger partial charge in [0.1, 0.15) is 0 Å². The van der Waals surface area contributed by atoms with Crippen molar-refractivity contribution < 1.29 is 14.3 Å². The van der Waals surface area contributed by atoms with E-state index in [1.54, 1.807) is 17.9 Å². The van der Waals surface area contributed by atoms with Gasteiger partial charge in [-0.3, -0.25) is 9.78 Å². The fourth-order valence-corrected chi connectivity index (χ4v) is 2.81. The normalized spacial score (nSPS) is 16.8. The first kappa shape index (κ1) is 16.4. The van der Waals surface area contributed by atoms with Gasteiger partial charge in [-0.1, -0.05) is 19.1 Å². The maximum Gasteiger partial charge on any atom is 0.359 e. The van der Waals surface area contributed by atoms with Gasteiger partial charge in [-0.25, -0.2) is 9.78 Å². The van der Waals surface area contributed by atoms with Crippen LogP contribution in [0, 0.1) is 5.92 Å². The Balaban J connectivity index is 1.65. The van der Waals surface area contributed by atoms with Crippen LogP contribution in [0.4, 0.5) is 0 Å². The van der Waals surface area contributed by atoms with Crippen LogP contribution in [0.2, 0.25) is 0 Å². The molecule has 6 heteroatoms. The topological polar surface area (TPSA) is 72.4 Å². The summed E-state index contributed by atoms with van der Waals surface area (Å²) in [5, 5.41) is 0. The third-order valence-electron chi connectivity index (χ3n) is 4.38. The summed E-state index contributed by atoms with van der Waals surface area (Å²) >= 11 is 0. The first-order valence-corrected chi connectivity index (χ1v) is 8.26. The van der Waals surface area contributed by atoms with Gasteiger partial charge in [0.25, 0.3) is 5.91 Å². The van der Waals surface area contributed by atoms with Crippen molar-refractivity contribution in [3.05, 3.63) is 36.2 Å². The van der Waals surface area contributed by atoms with Crippen LogP contribution < -0.4 is 0 Å². The molecule has 1 amide bonds. The van der Waals surface area contributed by atoms with Crippen LogP contribution >= 0.6 is 0 Å². The molecule has 6 nitrogen and oxygen atoms in total. The molecule has 1 saturated heterocycles. The molecule has 2 aromatic rings. The number of carbonyl (C=O) groups is 2. The quantitative estimate of drug-likeness (QED) is 0.810. The summed E-state index contributed by atoms with van der Waals surface area (Å²) in [6.45, 7) is 5.23. The van der Waals surface area contributed by atoms with E-state index in [4.69, 9.17) is 4.74 Å². The second kappa shape index (κ2) is 6.95. The number of nitrogens with zero attached hydrogens (tertiary/aromatic N) is 3. The smallest absolute Gasteiger partial charge is 0.359 e. The summed E-state index contributed by atoms with van der Waals surface area (Å²) in [4.78, 5) is 34.8. The average molecular weight is 327 g/mol. The molecule has 24 heavy (non-hydrogen) atoms. The van der Waals surface area contributed by atoms with Gasteiger partial charge in [0, 0.05) is 13.1 Å². The molecule has 0 saturated carbocycles. The molecule has 3 rings (SSSR count). The van der Waals surface area contributed by atoms with Crippen molar-refractivity contribution in [3.8, 4) is 0 Å². The molecular formula is C18H21N3O3. The lowest BCUT2D eigenvalue weighted by Crippen LogP contribution is -2.44. The average Bonchev–Trinajstić information content (AvgIpc) is 2.61. The molecule has 1 aromatic heterocycles. The standard InChI is InChI=1S/C18H21N3O3/c1-12-7-9-21(10-8-12)17(22)13(2)24-18(23)16-11-19-14-5-3-4-6-15(14)20-16/h3-6,11-13H,7-10H2,1-2H3/t13-/m0/s1. The van der Waals surface area contributed by atoms with Crippen molar-refractivity contribution in [2.75, 3.05) is 13.1 Å². The number of amides is 1. The molecule has 0 radical (unpaired) electrons. The predicted octanol–water partition coefficient (Wildman–Crippen LogP) is 2.43. The highest BCUT2D eigenvalue weighted by Gasteiger charge is 2.27. The van der Waals surface area contributed by atoms with E-state index in [1.807, 2.05) is 18.2 Å². The number of likely N-dealkylation sites (tertiary alicyclic amines) is 1. The Kier molecular flexibility index (Phi) is 4.74. The Morgan fingerprint density at radius 1 is 1.21 bits per heavy atom. The van der Waals surface area contributed by atoms with E-state index in [0.29, 0.717) is 17.0 Å². The number of aromatic nitrogens is 2. The van der Waals surface area contributed by atoms with Gasteiger partial charge in [-0.2, -0.15) is 0 Å². The molecule has 1 aliphatic heterocycles. The predicted molar refractivity (Wildman–Crippen MR) is 89.4 cm³/mol. The van der Waals surface area contributed by atoms with Crippen LogP contribution in [0.25, 0.3) is 11.0 Å². The van der Waals surface area contributed by atoms with E-state index < -0.39 is 12.1 Å². The van der Waals surface area contributed by atoms with E-state index in [9.17, 15) is 9.59 Å². The van der Waals surface area contributed by atoms with Crippen molar-refractivity contribution in [2.24, 2.45) is 5.92 Å². The molecule has 2 heterocycles. The fraction of sp³-hybridized carbons (Fsp3) is 0.444. The van der Waals surface area contributed by atoms with Crippen LogP contribution in [0.1, 0.15) is 37.2 Å². The number of para-hydroxylation sites is 2. The summed E-state index contributed by atoms with van der Waals surface area (Å²) in [7, 11) is 0. The molecule has 126 valence electrons. The Labute approximate surface area is 140 Å². The summed E-state index contributed by atoms with van der Waals surface area (Å²) in [5.41, 5.74) is 1.44. The number of carbonyl (C=O) groups excluding carboxylic acids is 2. The lowest BCUT2D eigenvalue weighted by Gasteiger charge is -2.31. The number of hydrogen-bond donors (Lipinski definition) is 0. The van der Waals surface area contributed by atoms with E-state index in [-0.39, 0.29) is 11.6 Å². The number of piperidine rings is 1. The lowest BCUT2D eigenvalue weighted by molar-refractivity contribution is -0.141. The number of hydrogen-bond acceptors (Lipinski definition) is 5. The molecule has 1 atom stereocenters. The SMILES string of the molecule is CC1CCN(C(=O)[C@H](C)OC(=O)c2cnc3ccccc3n2)CC1. The number of fused-ring (bicyclic) bond motifs is 1. The minimum Gasteiger partial charge on any atom is -0.448 e. The number of benzene rings is 1. The minimum absolute atomic E-state index is 0.112. The van der Waals surface area contributed by atoms with Crippen molar-refractivity contribution in [3.63, 3.8) is 0 Å². The third-order valence-corrected chi connectivity index (χ3v) is 4.38. The number of ether oxygens (including phenoxy) is 1. The van der Waals surface area contributed by atoms with Gasteiger partial charge in [0.15, 0.2) is 11.8 Å². The van der Waals surface area contributed by atoms with Crippen molar-refractivity contribution in [1.82, 2.24) is 14.9 Å². The molecule has 1 fully saturated rings. The van der Waals surface area contributed by atoms with Crippen LogP contribution in [0.3, 0.4) is 0 Å². The molecule has 0 unspecified atom stereocenters. The largest absolute Gasteiger partial charge is 0.448 e. The Morgan fingerprint density at radius 3 is 2.58 bits per heavy atom. The zero-order chi connectivity index (χ0) is 17.1. The third kappa shape index (κ3) is 3.53. The molecule has 0 bridgehead atoms. The first-order valence-electron chi connectivity index (χ1n) is 8.26. The summed E-state index contributed by atoms with van der Waals surface area (Å²) in [6.07, 6.45) is 2.54. The Bertz CT molecular complexity index is 754. The minimum atomic E-state index is -0.820. The molecule has 1 aromatic carbocycles. The van der Waals surface area contributed by atoms with Crippen LogP contribution in [-0.4, -0.2) is 45.9 Å².